The number of hydrogen-bond donors (Lipinski definition) is 1. The summed E-state index contributed by atoms with van der Waals surface area (Å²) in [7, 11) is 0. The molecular formula is C13H15BrN2S. The van der Waals surface area contributed by atoms with E-state index in [0.29, 0.717) is 0 Å². The lowest BCUT2D eigenvalue weighted by Crippen LogP contribution is -2.12. The summed E-state index contributed by atoms with van der Waals surface area (Å²) >= 11 is 5.26. The maximum absolute atomic E-state index is 4.42. The van der Waals surface area contributed by atoms with Crippen LogP contribution in [0.2, 0.25) is 0 Å². The van der Waals surface area contributed by atoms with Crippen molar-refractivity contribution >= 4 is 27.3 Å². The van der Waals surface area contributed by atoms with Gasteiger partial charge in [-0.1, -0.05) is 28.1 Å². The van der Waals surface area contributed by atoms with E-state index in [1.165, 1.54) is 15.6 Å². The molecule has 2 aromatic rings. The van der Waals surface area contributed by atoms with Gasteiger partial charge in [-0.15, -0.1) is 11.3 Å². The van der Waals surface area contributed by atoms with Gasteiger partial charge in [0.15, 0.2) is 0 Å². The van der Waals surface area contributed by atoms with Gasteiger partial charge in [0.05, 0.1) is 0 Å². The summed E-state index contributed by atoms with van der Waals surface area (Å²) in [6.45, 7) is 5.83. The first kappa shape index (κ1) is 12.7. The molecule has 0 aliphatic rings. The van der Waals surface area contributed by atoms with Crippen LogP contribution in [0.15, 0.2) is 28.1 Å². The molecule has 0 saturated heterocycles. The quantitative estimate of drug-likeness (QED) is 0.928. The first-order valence-electron chi connectivity index (χ1n) is 5.52. The van der Waals surface area contributed by atoms with Crippen molar-refractivity contribution in [2.45, 2.75) is 26.9 Å². The Morgan fingerprint density at radius 1 is 1.29 bits per heavy atom. The molecule has 0 aliphatic carbocycles. The normalized spacial score (nSPS) is 10.8. The molecule has 0 unspecified atom stereocenters. The van der Waals surface area contributed by atoms with Gasteiger partial charge in [-0.05, 0) is 31.0 Å². The van der Waals surface area contributed by atoms with E-state index in [1.54, 1.807) is 11.3 Å². The van der Waals surface area contributed by atoms with Crippen LogP contribution in [-0.2, 0) is 13.1 Å². The molecule has 17 heavy (non-hydrogen) atoms. The van der Waals surface area contributed by atoms with E-state index in [9.17, 15) is 0 Å². The zero-order valence-corrected chi connectivity index (χ0v) is 12.4. The van der Waals surface area contributed by atoms with Crippen LogP contribution in [0.4, 0.5) is 0 Å². The fourth-order valence-corrected chi connectivity index (χ4v) is 2.71. The van der Waals surface area contributed by atoms with Gasteiger partial charge >= 0.3 is 0 Å². The maximum atomic E-state index is 4.42. The molecular weight excluding hydrogens is 296 g/mol. The Kier molecular flexibility index (Phi) is 4.31. The Bertz CT molecular complexity index is 508. The van der Waals surface area contributed by atoms with Crippen LogP contribution in [0.3, 0.4) is 0 Å². The highest BCUT2D eigenvalue weighted by Crippen LogP contribution is 2.17. The van der Waals surface area contributed by atoms with Crippen molar-refractivity contribution in [3.63, 3.8) is 0 Å². The molecule has 0 spiro atoms. The molecule has 0 aliphatic heterocycles. The Hall–Kier alpha value is -0.710. The second-order valence-corrected chi connectivity index (χ2v) is 5.87. The van der Waals surface area contributed by atoms with E-state index >= 15 is 0 Å². The summed E-state index contributed by atoms with van der Waals surface area (Å²) in [6.07, 6.45) is 0. The summed E-state index contributed by atoms with van der Waals surface area (Å²) in [5, 5.41) is 6.63. The van der Waals surface area contributed by atoms with Crippen molar-refractivity contribution in [3.8, 4) is 0 Å². The summed E-state index contributed by atoms with van der Waals surface area (Å²) < 4.78 is 1.17. The molecule has 2 nitrogen and oxygen atoms in total. The highest BCUT2D eigenvalue weighted by molar-refractivity contribution is 9.10. The monoisotopic (exact) mass is 310 g/mol. The smallest absolute Gasteiger partial charge is 0.107 e. The fourth-order valence-electron chi connectivity index (χ4n) is 1.54. The van der Waals surface area contributed by atoms with Crippen LogP contribution >= 0.6 is 27.3 Å². The first-order chi connectivity index (χ1) is 8.15. The summed E-state index contributed by atoms with van der Waals surface area (Å²) in [6, 6.07) is 6.45. The van der Waals surface area contributed by atoms with E-state index < -0.39 is 0 Å². The third kappa shape index (κ3) is 3.63. The van der Waals surface area contributed by atoms with Gasteiger partial charge in [-0.3, -0.25) is 0 Å². The average Bonchev–Trinajstić information content (AvgIpc) is 2.70. The molecule has 90 valence electrons. The highest BCUT2D eigenvalue weighted by Gasteiger charge is 2.00. The fraction of sp³-hybridized carbons (Fsp3) is 0.308. The van der Waals surface area contributed by atoms with Gasteiger partial charge in [0.1, 0.15) is 5.01 Å². The Labute approximate surface area is 114 Å². The average molecular weight is 311 g/mol. The van der Waals surface area contributed by atoms with Crippen LogP contribution in [-0.4, -0.2) is 4.98 Å². The highest BCUT2D eigenvalue weighted by atomic mass is 79.9. The standard InChI is InChI=1S/C13H15BrN2S/c1-9-3-4-11(5-12(9)14)6-15-7-13-16-10(2)8-17-13/h3-5,8,15H,6-7H2,1-2H3. The molecule has 0 saturated carbocycles. The van der Waals surface area contributed by atoms with Gasteiger partial charge in [-0.2, -0.15) is 0 Å². The number of halogens is 1. The van der Waals surface area contributed by atoms with Crippen molar-refractivity contribution < 1.29 is 0 Å². The Morgan fingerprint density at radius 3 is 2.76 bits per heavy atom. The van der Waals surface area contributed by atoms with Gasteiger partial charge in [0.25, 0.3) is 0 Å². The summed E-state index contributed by atoms with van der Waals surface area (Å²) in [5.41, 5.74) is 3.66. The van der Waals surface area contributed by atoms with Crippen molar-refractivity contribution in [2.24, 2.45) is 0 Å². The topological polar surface area (TPSA) is 24.9 Å². The van der Waals surface area contributed by atoms with Crippen LogP contribution in [0.5, 0.6) is 0 Å². The molecule has 1 heterocycles. The second kappa shape index (κ2) is 5.76. The zero-order chi connectivity index (χ0) is 12.3. The minimum absolute atomic E-state index is 0.837. The predicted molar refractivity (Wildman–Crippen MR) is 76.3 cm³/mol. The van der Waals surface area contributed by atoms with E-state index in [4.69, 9.17) is 0 Å². The Balaban J connectivity index is 1.87. The van der Waals surface area contributed by atoms with Crippen LogP contribution in [0.25, 0.3) is 0 Å². The summed E-state index contributed by atoms with van der Waals surface area (Å²) in [4.78, 5) is 4.42. The SMILES string of the molecule is Cc1csc(CNCc2ccc(C)c(Br)c2)n1. The molecule has 4 heteroatoms. The van der Waals surface area contributed by atoms with Crippen LogP contribution in [0.1, 0.15) is 21.8 Å². The van der Waals surface area contributed by atoms with E-state index in [1.807, 2.05) is 6.92 Å². The number of nitrogens with one attached hydrogen (secondary N) is 1. The lowest BCUT2D eigenvalue weighted by Gasteiger charge is -2.05. The Morgan fingerprint density at radius 2 is 2.12 bits per heavy atom. The molecule has 0 radical (unpaired) electrons. The van der Waals surface area contributed by atoms with E-state index in [2.05, 4.69) is 56.7 Å². The van der Waals surface area contributed by atoms with E-state index in [0.717, 1.165) is 23.8 Å². The number of benzene rings is 1. The molecule has 1 aromatic carbocycles. The first-order valence-corrected chi connectivity index (χ1v) is 7.19. The number of hydrogen-bond acceptors (Lipinski definition) is 3. The van der Waals surface area contributed by atoms with Gasteiger partial charge in [0, 0.05) is 28.6 Å². The van der Waals surface area contributed by atoms with Gasteiger partial charge in [-0.25, -0.2) is 4.98 Å². The third-order valence-corrected chi connectivity index (χ3v) is 4.33. The number of thiazole rings is 1. The maximum Gasteiger partial charge on any atom is 0.107 e. The number of aryl methyl sites for hydroxylation is 2. The number of nitrogens with zero attached hydrogens (tertiary/aromatic N) is 1. The number of rotatable bonds is 4. The molecule has 1 aromatic heterocycles. The second-order valence-electron chi connectivity index (χ2n) is 4.07. The molecule has 0 atom stereocenters. The van der Waals surface area contributed by atoms with Crippen LogP contribution in [0, 0.1) is 13.8 Å². The van der Waals surface area contributed by atoms with Crippen molar-refractivity contribution in [1.82, 2.24) is 10.3 Å². The third-order valence-electron chi connectivity index (χ3n) is 2.51. The van der Waals surface area contributed by atoms with Gasteiger partial charge in [0.2, 0.25) is 0 Å². The molecule has 0 bridgehead atoms. The molecule has 0 fully saturated rings. The molecule has 0 amide bonds. The lowest BCUT2D eigenvalue weighted by molar-refractivity contribution is 0.688. The van der Waals surface area contributed by atoms with Crippen molar-refractivity contribution in [1.29, 1.82) is 0 Å². The zero-order valence-electron chi connectivity index (χ0n) is 9.96. The largest absolute Gasteiger partial charge is 0.306 e. The van der Waals surface area contributed by atoms with Crippen LogP contribution < -0.4 is 5.32 Å². The predicted octanol–water partition coefficient (Wildman–Crippen LogP) is 3.81. The lowest BCUT2D eigenvalue weighted by atomic mass is 10.1. The van der Waals surface area contributed by atoms with Gasteiger partial charge < -0.3 is 5.32 Å². The summed E-state index contributed by atoms with van der Waals surface area (Å²) in [5.74, 6) is 0. The minimum Gasteiger partial charge on any atom is -0.306 e. The molecule has 2 rings (SSSR count). The van der Waals surface area contributed by atoms with E-state index in [-0.39, 0.29) is 0 Å². The number of aromatic nitrogens is 1. The van der Waals surface area contributed by atoms with Crippen molar-refractivity contribution in [2.75, 3.05) is 0 Å². The molecule has 1 N–H and O–H groups in total. The van der Waals surface area contributed by atoms with Crippen molar-refractivity contribution in [3.05, 3.63) is 49.9 Å². The minimum atomic E-state index is 0.837.